The molecule has 0 aromatic heterocycles. The molecule has 3 atom stereocenters. The van der Waals surface area contributed by atoms with Gasteiger partial charge >= 0.3 is 6.09 Å². The van der Waals surface area contributed by atoms with Gasteiger partial charge in [-0.1, -0.05) is 30.3 Å². The molecule has 2 saturated heterocycles. The van der Waals surface area contributed by atoms with E-state index in [0.29, 0.717) is 6.54 Å². The summed E-state index contributed by atoms with van der Waals surface area (Å²) in [6.45, 7) is 6.96. The lowest BCUT2D eigenvalue weighted by Gasteiger charge is -2.38. The zero-order valence-electron chi connectivity index (χ0n) is 13.9. The molecule has 1 amide bonds. The van der Waals surface area contributed by atoms with E-state index in [4.69, 9.17) is 4.74 Å². The number of carbonyl (C=O) groups is 2. The predicted molar refractivity (Wildman–Crippen MR) is 87.0 cm³/mol. The topological polar surface area (TPSA) is 49.9 Å². The summed E-state index contributed by atoms with van der Waals surface area (Å²) in [5, 5.41) is 0. The molecule has 0 N–H and O–H groups in total. The lowest BCUT2D eigenvalue weighted by molar-refractivity contribution is -0.114. The van der Waals surface area contributed by atoms with Crippen LogP contribution in [0.15, 0.2) is 30.3 Å². The van der Waals surface area contributed by atoms with Crippen LogP contribution in [-0.2, 0) is 16.1 Å². The van der Waals surface area contributed by atoms with Crippen molar-refractivity contribution in [2.45, 2.75) is 57.5 Å². The molecular formula is C18H24N2O3. The second-order valence-electron chi connectivity index (χ2n) is 7.37. The van der Waals surface area contributed by atoms with Crippen LogP contribution in [0.3, 0.4) is 0 Å². The summed E-state index contributed by atoms with van der Waals surface area (Å²) >= 11 is 0. The number of rotatable bonds is 3. The molecule has 23 heavy (non-hydrogen) atoms. The van der Waals surface area contributed by atoms with Gasteiger partial charge < -0.3 is 14.4 Å². The van der Waals surface area contributed by atoms with E-state index in [0.717, 1.165) is 19.3 Å². The van der Waals surface area contributed by atoms with Crippen molar-refractivity contribution in [2.75, 3.05) is 6.54 Å². The van der Waals surface area contributed by atoms with Crippen LogP contribution in [0.5, 0.6) is 0 Å². The third kappa shape index (κ3) is 3.24. The highest BCUT2D eigenvalue weighted by molar-refractivity contribution is 5.72. The molecule has 0 radical (unpaired) electrons. The Labute approximate surface area is 137 Å². The zero-order valence-corrected chi connectivity index (χ0v) is 13.9. The summed E-state index contributed by atoms with van der Waals surface area (Å²) in [6, 6.07) is 10.0. The second kappa shape index (κ2) is 5.96. The summed E-state index contributed by atoms with van der Waals surface area (Å²) in [5.74, 6) is 0. The maximum Gasteiger partial charge on any atom is 0.410 e. The maximum absolute atomic E-state index is 12.3. The Morgan fingerprint density at radius 3 is 2.61 bits per heavy atom. The Balaban J connectivity index is 1.71. The Hall–Kier alpha value is -1.88. The quantitative estimate of drug-likeness (QED) is 0.804. The number of ether oxygens (including phenoxy) is 1. The van der Waals surface area contributed by atoms with Crippen molar-refractivity contribution >= 4 is 12.4 Å². The highest BCUT2D eigenvalue weighted by Crippen LogP contribution is 2.37. The number of fused-ring (bicyclic) bond motifs is 2. The van der Waals surface area contributed by atoms with E-state index in [-0.39, 0.29) is 24.2 Å². The molecule has 124 valence electrons. The SMILES string of the molecule is CC(C)(C)OC(=O)N1C[C@@H]2C[C@H]1C(C=O)N2Cc1ccccc1. The molecule has 2 fully saturated rings. The van der Waals surface area contributed by atoms with Gasteiger partial charge in [0.2, 0.25) is 0 Å². The van der Waals surface area contributed by atoms with Gasteiger partial charge in [0.1, 0.15) is 11.9 Å². The van der Waals surface area contributed by atoms with Crippen molar-refractivity contribution in [3.63, 3.8) is 0 Å². The standard InChI is InChI=1S/C18H24N2O3/c1-18(2,3)23-17(22)20-11-14-9-15(20)16(12-21)19(14)10-13-7-5-4-6-8-13/h4-8,12,14-16H,9-11H2,1-3H3/t14-,15-,16?/m0/s1. The molecule has 5 heteroatoms. The van der Waals surface area contributed by atoms with Crippen molar-refractivity contribution in [1.82, 2.24) is 9.80 Å². The third-order valence-electron chi connectivity index (χ3n) is 4.54. The summed E-state index contributed by atoms with van der Waals surface area (Å²) in [5.41, 5.74) is 0.676. The first kappa shape index (κ1) is 16.0. The summed E-state index contributed by atoms with van der Waals surface area (Å²) < 4.78 is 5.47. The van der Waals surface area contributed by atoms with Gasteiger partial charge in [0.25, 0.3) is 0 Å². The van der Waals surface area contributed by atoms with Gasteiger partial charge in [-0.15, -0.1) is 0 Å². The monoisotopic (exact) mass is 316 g/mol. The lowest BCUT2D eigenvalue weighted by atomic mass is 10.1. The number of aldehydes is 1. The number of benzene rings is 1. The third-order valence-corrected chi connectivity index (χ3v) is 4.54. The molecule has 2 bridgehead atoms. The molecule has 1 unspecified atom stereocenters. The van der Waals surface area contributed by atoms with E-state index in [1.54, 1.807) is 4.90 Å². The first-order valence-corrected chi connectivity index (χ1v) is 8.13. The molecule has 1 aromatic rings. The van der Waals surface area contributed by atoms with Crippen molar-refractivity contribution in [1.29, 1.82) is 0 Å². The number of hydrogen-bond donors (Lipinski definition) is 0. The Morgan fingerprint density at radius 1 is 1.30 bits per heavy atom. The number of amides is 1. The van der Waals surface area contributed by atoms with Crippen LogP contribution in [0, 0.1) is 0 Å². The van der Waals surface area contributed by atoms with Gasteiger partial charge in [0.15, 0.2) is 0 Å². The maximum atomic E-state index is 12.3. The van der Waals surface area contributed by atoms with Crippen molar-refractivity contribution in [3.8, 4) is 0 Å². The summed E-state index contributed by atoms with van der Waals surface area (Å²) in [4.78, 5) is 27.9. The highest BCUT2D eigenvalue weighted by atomic mass is 16.6. The van der Waals surface area contributed by atoms with E-state index in [1.807, 2.05) is 39.0 Å². The Bertz CT molecular complexity index is 582. The number of likely N-dealkylation sites (tertiary alicyclic amines) is 2. The minimum Gasteiger partial charge on any atom is -0.444 e. The fourth-order valence-electron chi connectivity index (χ4n) is 3.60. The van der Waals surface area contributed by atoms with Crippen LogP contribution >= 0.6 is 0 Å². The second-order valence-corrected chi connectivity index (χ2v) is 7.37. The van der Waals surface area contributed by atoms with Crippen molar-refractivity contribution in [3.05, 3.63) is 35.9 Å². The van der Waals surface area contributed by atoms with E-state index in [9.17, 15) is 9.59 Å². The molecule has 0 spiro atoms. The van der Waals surface area contributed by atoms with E-state index < -0.39 is 5.60 Å². The average Bonchev–Trinajstić information content (AvgIpc) is 3.04. The lowest BCUT2D eigenvalue weighted by Crippen LogP contribution is -2.55. The Morgan fingerprint density at radius 2 is 2.00 bits per heavy atom. The molecular weight excluding hydrogens is 292 g/mol. The molecule has 0 aliphatic carbocycles. The molecule has 1 aromatic carbocycles. The number of piperazine rings is 1. The van der Waals surface area contributed by atoms with Gasteiger partial charge in [-0.25, -0.2) is 4.79 Å². The van der Waals surface area contributed by atoms with E-state index in [2.05, 4.69) is 17.0 Å². The van der Waals surface area contributed by atoms with Crippen molar-refractivity contribution in [2.24, 2.45) is 0 Å². The first-order valence-electron chi connectivity index (χ1n) is 8.13. The largest absolute Gasteiger partial charge is 0.444 e. The molecule has 2 aliphatic rings. The number of hydrogen-bond acceptors (Lipinski definition) is 4. The van der Waals surface area contributed by atoms with Gasteiger partial charge in [-0.2, -0.15) is 0 Å². The fraction of sp³-hybridized carbons (Fsp3) is 0.556. The predicted octanol–water partition coefficient (Wildman–Crippen LogP) is 2.45. The fourth-order valence-corrected chi connectivity index (χ4v) is 3.60. The van der Waals surface area contributed by atoms with Crippen LogP contribution in [-0.4, -0.2) is 52.5 Å². The van der Waals surface area contributed by atoms with Gasteiger partial charge in [-0.3, -0.25) is 4.90 Å². The van der Waals surface area contributed by atoms with Crippen LogP contribution in [0.1, 0.15) is 32.8 Å². The average molecular weight is 316 g/mol. The van der Waals surface area contributed by atoms with E-state index >= 15 is 0 Å². The normalized spacial score (nSPS) is 27.3. The van der Waals surface area contributed by atoms with Crippen molar-refractivity contribution < 1.29 is 14.3 Å². The minimum atomic E-state index is -0.515. The molecule has 3 rings (SSSR count). The molecule has 2 heterocycles. The molecule has 5 nitrogen and oxygen atoms in total. The zero-order chi connectivity index (χ0) is 16.6. The van der Waals surface area contributed by atoms with Gasteiger partial charge in [0, 0.05) is 19.1 Å². The van der Waals surface area contributed by atoms with Crippen LogP contribution in [0.2, 0.25) is 0 Å². The summed E-state index contributed by atoms with van der Waals surface area (Å²) in [7, 11) is 0. The van der Waals surface area contributed by atoms with Gasteiger partial charge in [-0.05, 0) is 32.8 Å². The summed E-state index contributed by atoms with van der Waals surface area (Å²) in [6.07, 6.45) is 1.51. The molecule has 2 aliphatic heterocycles. The molecule has 0 saturated carbocycles. The smallest absolute Gasteiger partial charge is 0.410 e. The number of carbonyl (C=O) groups excluding carboxylic acids is 2. The van der Waals surface area contributed by atoms with Crippen LogP contribution in [0.4, 0.5) is 4.79 Å². The Kier molecular flexibility index (Phi) is 4.15. The first-order chi connectivity index (χ1) is 10.9. The highest BCUT2D eigenvalue weighted by Gasteiger charge is 2.52. The van der Waals surface area contributed by atoms with E-state index in [1.165, 1.54) is 5.56 Å². The number of nitrogens with zero attached hydrogens (tertiary/aromatic N) is 2. The minimum absolute atomic E-state index is 0.0731. The van der Waals surface area contributed by atoms with Crippen LogP contribution < -0.4 is 0 Å². The van der Waals surface area contributed by atoms with Gasteiger partial charge in [0.05, 0.1) is 12.1 Å². The van der Waals surface area contributed by atoms with Crippen LogP contribution in [0.25, 0.3) is 0 Å².